The number of piperazine rings is 2. The normalized spacial score (nSPS) is 20.9. The topological polar surface area (TPSA) is 153 Å². The largest absolute Gasteiger partial charge is 0.481 e. The van der Waals surface area contributed by atoms with Gasteiger partial charge in [0.1, 0.15) is 11.4 Å². The third-order valence-corrected chi connectivity index (χ3v) is 13.3. The number of anilines is 2. The number of aromatic nitrogens is 6. The second-order valence-electron chi connectivity index (χ2n) is 18.0. The molecule has 10 rings (SSSR count). The summed E-state index contributed by atoms with van der Waals surface area (Å²) in [6, 6.07) is 24.5. The second-order valence-corrected chi connectivity index (χ2v) is 18.0. The van der Waals surface area contributed by atoms with Gasteiger partial charge in [-0.1, -0.05) is 60.7 Å². The van der Waals surface area contributed by atoms with E-state index in [0.717, 1.165) is 75.3 Å². The highest BCUT2D eigenvalue weighted by Gasteiger charge is 2.40. The van der Waals surface area contributed by atoms with Gasteiger partial charge in [-0.2, -0.15) is 0 Å². The average molecular weight is 921 g/mol. The van der Waals surface area contributed by atoms with Crippen LogP contribution in [-0.2, 0) is 9.59 Å². The number of amides is 1. The maximum absolute atomic E-state index is 13.5. The highest BCUT2D eigenvalue weighted by atomic mass is 19.3. The fourth-order valence-electron chi connectivity index (χ4n) is 9.47. The van der Waals surface area contributed by atoms with Crippen molar-refractivity contribution < 1.29 is 32.3 Å². The first-order valence-electron chi connectivity index (χ1n) is 23.1. The van der Waals surface area contributed by atoms with Crippen molar-refractivity contribution in [3.8, 4) is 22.5 Å². The van der Waals surface area contributed by atoms with Gasteiger partial charge in [0.25, 0.3) is 0 Å². The Balaban J connectivity index is 0.000000154. The van der Waals surface area contributed by atoms with E-state index in [1.807, 2.05) is 84.2 Å². The number of pyridine rings is 2. The summed E-state index contributed by atoms with van der Waals surface area (Å²) < 4.78 is 51.9. The Morgan fingerprint density at radius 1 is 0.612 bits per heavy atom. The van der Waals surface area contributed by atoms with Gasteiger partial charge in [-0.05, 0) is 51.7 Å². The molecule has 2 atom stereocenters. The summed E-state index contributed by atoms with van der Waals surface area (Å²) in [6.07, 6.45) is 7.13. The van der Waals surface area contributed by atoms with Gasteiger partial charge in [0.05, 0.1) is 5.92 Å². The van der Waals surface area contributed by atoms with Gasteiger partial charge in [0, 0.05) is 140 Å². The number of hydrogen-bond donors (Lipinski definition) is 2. The molecule has 4 aromatic heterocycles. The quantitative estimate of drug-likeness (QED) is 0.153. The molecule has 2 aliphatic carbocycles. The minimum absolute atomic E-state index is 0.00837. The van der Waals surface area contributed by atoms with Crippen LogP contribution in [0.1, 0.15) is 65.2 Å². The van der Waals surface area contributed by atoms with Crippen LogP contribution in [0.3, 0.4) is 0 Å². The fourth-order valence-corrected chi connectivity index (χ4v) is 9.47. The van der Waals surface area contributed by atoms with Crippen molar-refractivity contribution in [3.05, 3.63) is 97.6 Å². The van der Waals surface area contributed by atoms with E-state index in [2.05, 4.69) is 71.5 Å². The zero-order chi connectivity index (χ0) is 47.1. The first-order chi connectivity index (χ1) is 32.3. The lowest BCUT2D eigenvalue weighted by Gasteiger charge is -2.42. The maximum atomic E-state index is 13.5. The molecule has 2 saturated heterocycles. The monoisotopic (exact) mass is 920 g/mol. The SMILES string of the molecule is C[C@H]1CN(C(=O)C2CCC(F)(F)CC2)CCN1c1nnc(-c2ccccc2)c2ccncc12.C[C@H]1CNCCN1c1nnc(-c2ccccc2)c2ccncc12.O=C(O)C1CCC(F)(F)CC1. The highest BCUT2D eigenvalue weighted by Crippen LogP contribution is 2.39. The van der Waals surface area contributed by atoms with Crippen molar-refractivity contribution in [1.29, 1.82) is 0 Å². The molecule has 0 radical (unpaired) electrons. The van der Waals surface area contributed by atoms with Crippen LogP contribution in [0.5, 0.6) is 0 Å². The molecule has 2 aliphatic heterocycles. The summed E-state index contributed by atoms with van der Waals surface area (Å²) in [7, 11) is 0. The first-order valence-corrected chi connectivity index (χ1v) is 23.1. The summed E-state index contributed by atoms with van der Waals surface area (Å²) in [6.45, 7) is 8.82. The molecule has 13 nitrogen and oxygen atoms in total. The number of carbonyl (C=O) groups is 2. The van der Waals surface area contributed by atoms with Crippen LogP contribution < -0.4 is 15.1 Å². The minimum Gasteiger partial charge on any atom is -0.481 e. The van der Waals surface area contributed by atoms with E-state index < -0.39 is 23.7 Å². The number of hydrogen-bond acceptors (Lipinski definition) is 11. The average Bonchev–Trinajstić information content (AvgIpc) is 3.34. The molecule has 4 aliphatic rings. The molecule has 2 aromatic carbocycles. The van der Waals surface area contributed by atoms with Crippen molar-refractivity contribution in [2.24, 2.45) is 11.8 Å². The van der Waals surface area contributed by atoms with Crippen LogP contribution in [0.15, 0.2) is 97.6 Å². The van der Waals surface area contributed by atoms with Gasteiger partial charge >= 0.3 is 5.97 Å². The molecule has 0 bridgehead atoms. The molecular formula is C50H56F4N10O3. The predicted octanol–water partition coefficient (Wildman–Crippen LogP) is 8.94. The van der Waals surface area contributed by atoms with E-state index in [1.165, 1.54) is 0 Å². The number of nitrogens with one attached hydrogen (secondary N) is 1. The van der Waals surface area contributed by atoms with Gasteiger partial charge in [-0.25, -0.2) is 17.6 Å². The first kappa shape index (κ1) is 47.1. The highest BCUT2D eigenvalue weighted by molar-refractivity contribution is 6.01. The van der Waals surface area contributed by atoms with E-state index >= 15 is 0 Å². The summed E-state index contributed by atoms with van der Waals surface area (Å²) >= 11 is 0. The summed E-state index contributed by atoms with van der Waals surface area (Å²) in [5.41, 5.74) is 3.80. The number of nitrogens with zero attached hydrogens (tertiary/aromatic N) is 9. The molecular weight excluding hydrogens is 865 g/mol. The fraction of sp³-hybridized carbons (Fsp3) is 0.440. The van der Waals surface area contributed by atoms with Crippen molar-refractivity contribution in [3.63, 3.8) is 0 Å². The van der Waals surface area contributed by atoms with Crippen molar-refractivity contribution in [2.75, 3.05) is 49.1 Å². The van der Waals surface area contributed by atoms with Crippen LogP contribution >= 0.6 is 0 Å². The predicted molar refractivity (Wildman–Crippen MR) is 250 cm³/mol. The van der Waals surface area contributed by atoms with Crippen LogP contribution in [0.2, 0.25) is 0 Å². The lowest BCUT2D eigenvalue weighted by atomic mass is 9.85. The molecule has 0 unspecified atom stereocenters. The van der Waals surface area contributed by atoms with Crippen LogP contribution in [0.25, 0.3) is 44.1 Å². The number of carbonyl (C=O) groups excluding carboxylic acids is 1. The number of carboxylic acid groups (broad SMARTS) is 1. The zero-order valence-corrected chi connectivity index (χ0v) is 37.7. The Kier molecular flexibility index (Phi) is 14.5. The second kappa shape index (κ2) is 20.7. The summed E-state index contributed by atoms with van der Waals surface area (Å²) in [5, 5.41) is 34.2. The van der Waals surface area contributed by atoms with Crippen LogP contribution in [0, 0.1) is 11.8 Å². The van der Waals surface area contributed by atoms with E-state index in [-0.39, 0.29) is 69.2 Å². The number of benzene rings is 2. The van der Waals surface area contributed by atoms with Crippen molar-refractivity contribution in [1.82, 2.24) is 40.6 Å². The van der Waals surface area contributed by atoms with Crippen molar-refractivity contribution >= 4 is 45.1 Å². The molecule has 6 aromatic rings. The van der Waals surface area contributed by atoms with Gasteiger partial charge < -0.3 is 25.1 Å². The van der Waals surface area contributed by atoms with Crippen molar-refractivity contribution in [2.45, 2.75) is 89.1 Å². The van der Waals surface area contributed by atoms with E-state index in [1.54, 1.807) is 6.20 Å². The third kappa shape index (κ3) is 11.1. The Morgan fingerprint density at radius 3 is 1.55 bits per heavy atom. The van der Waals surface area contributed by atoms with Crippen LogP contribution in [0.4, 0.5) is 29.2 Å². The molecule has 352 valence electrons. The number of carboxylic acids is 1. The molecule has 2 N–H and O–H groups in total. The molecule has 2 saturated carbocycles. The van der Waals surface area contributed by atoms with E-state index in [0.29, 0.717) is 25.7 Å². The van der Waals surface area contributed by atoms with Gasteiger partial charge in [0.15, 0.2) is 11.6 Å². The number of rotatable bonds is 6. The Bertz CT molecular complexity index is 2630. The standard InChI is InChI=1S/C25H27F2N5O.C18H19N5.C7H10F2O2/c1-17-16-31(24(33)19-7-10-25(26,27)11-8-19)13-14-32(17)23-21-15-28-12-9-20(21)22(29-30-23)18-5-3-2-4-6-18;1-13-11-20-9-10-23(13)18-16-12-19-8-7-15(16)17(21-22-18)14-5-3-2-4-6-14;8-7(9)3-1-5(2-4-7)6(10)11/h2-6,9,12,15,17,19H,7-8,10-11,13-14,16H2,1H3;2-8,12-13,20H,9-11H2,1H3;5H,1-4H2,(H,10,11)/t17-;13-;/m00./s1. The molecule has 67 heavy (non-hydrogen) atoms. The number of aliphatic carboxylic acids is 1. The van der Waals surface area contributed by atoms with E-state index in [4.69, 9.17) is 5.11 Å². The van der Waals surface area contributed by atoms with E-state index in [9.17, 15) is 27.2 Å². The Morgan fingerprint density at radius 2 is 1.09 bits per heavy atom. The van der Waals surface area contributed by atoms with Gasteiger partial charge in [-0.15, -0.1) is 20.4 Å². The van der Waals surface area contributed by atoms with Gasteiger partial charge in [-0.3, -0.25) is 19.6 Å². The summed E-state index contributed by atoms with van der Waals surface area (Å²) in [4.78, 5) is 38.3. The lowest BCUT2D eigenvalue weighted by Crippen LogP contribution is -2.55. The smallest absolute Gasteiger partial charge is 0.306 e. The third-order valence-electron chi connectivity index (χ3n) is 13.3. The minimum atomic E-state index is -2.62. The maximum Gasteiger partial charge on any atom is 0.306 e. The number of alkyl halides is 4. The number of halogens is 4. The Labute approximate surface area is 387 Å². The molecule has 1 amide bonds. The number of fused-ring (bicyclic) bond motifs is 2. The molecule has 17 heteroatoms. The molecule has 0 spiro atoms. The zero-order valence-electron chi connectivity index (χ0n) is 37.7. The Hall–Kier alpha value is -6.36. The van der Waals surface area contributed by atoms with Crippen LogP contribution in [-0.4, -0.2) is 115 Å². The van der Waals surface area contributed by atoms with Gasteiger partial charge in [0.2, 0.25) is 17.8 Å². The molecule has 4 fully saturated rings. The summed E-state index contributed by atoms with van der Waals surface area (Å²) in [5.74, 6) is -5.33. The molecule has 6 heterocycles. The lowest BCUT2D eigenvalue weighted by molar-refractivity contribution is -0.146.